The number of rotatable bonds is 5. The standard InChI is InChI=1S/C21H16N4O3/c1-28-17-12-8-15(9-13-17)22-21-18-4-2-3-5-19(18)23-20(24-21)14-6-10-16(11-7-14)25(26)27/h2-13H,1H3,(H,22,23,24). The highest BCUT2D eigenvalue weighted by Crippen LogP contribution is 2.28. The van der Waals surface area contributed by atoms with E-state index in [0.29, 0.717) is 17.2 Å². The zero-order valence-corrected chi connectivity index (χ0v) is 15.0. The Bertz CT molecular complexity index is 1140. The van der Waals surface area contributed by atoms with Crippen molar-refractivity contribution >= 4 is 28.1 Å². The Morgan fingerprint density at radius 2 is 1.64 bits per heavy atom. The fraction of sp³-hybridized carbons (Fsp3) is 0.0476. The number of nitro benzene ring substituents is 1. The van der Waals surface area contributed by atoms with Gasteiger partial charge in [0.05, 0.1) is 17.5 Å². The van der Waals surface area contributed by atoms with E-state index in [9.17, 15) is 10.1 Å². The molecule has 0 spiro atoms. The summed E-state index contributed by atoms with van der Waals surface area (Å²) in [6.07, 6.45) is 0. The average Bonchev–Trinajstić information content (AvgIpc) is 2.74. The number of nitro groups is 1. The molecule has 3 aromatic carbocycles. The van der Waals surface area contributed by atoms with E-state index in [2.05, 4.69) is 15.3 Å². The van der Waals surface area contributed by atoms with Crippen LogP contribution in [0.4, 0.5) is 17.2 Å². The number of benzene rings is 3. The summed E-state index contributed by atoms with van der Waals surface area (Å²) < 4.78 is 5.19. The summed E-state index contributed by atoms with van der Waals surface area (Å²) in [4.78, 5) is 19.7. The first-order valence-corrected chi connectivity index (χ1v) is 8.57. The summed E-state index contributed by atoms with van der Waals surface area (Å²) >= 11 is 0. The van der Waals surface area contributed by atoms with Crippen LogP contribution in [0.2, 0.25) is 0 Å². The second-order valence-electron chi connectivity index (χ2n) is 6.07. The normalized spacial score (nSPS) is 10.6. The zero-order valence-electron chi connectivity index (χ0n) is 15.0. The van der Waals surface area contributed by atoms with E-state index in [0.717, 1.165) is 22.3 Å². The van der Waals surface area contributed by atoms with E-state index < -0.39 is 4.92 Å². The minimum atomic E-state index is -0.429. The summed E-state index contributed by atoms with van der Waals surface area (Å²) in [6.45, 7) is 0. The molecule has 0 fully saturated rings. The number of aromatic nitrogens is 2. The molecule has 7 heteroatoms. The molecule has 0 aliphatic carbocycles. The van der Waals surface area contributed by atoms with Crippen molar-refractivity contribution in [2.24, 2.45) is 0 Å². The number of fused-ring (bicyclic) bond motifs is 1. The summed E-state index contributed by atoms with van der Waals surface area (Å²) in [5, 5.41) is 15.1. The number of hydrogen-bond donors (Lipinski definition) is 1. The minimum Gasteiger partial charge on any atom is -0.497 e. The Morgan fingerprint density at radius 1 is 0.929 bits per heavy atom. The molecule has 0 bridgehead atoms. The maximum Gasteiger partial charge on any atom is 0.269 e. The van der Waals surface area contributed by atoms with Crippen LogP contribution in [-0.4, -0.2) is 22.0 Å². The second kappa shape index (κ2) is 7.32. The van der Waals surface area contributed by atoms with Crippen molar-refractivity contribution in [1.82, 2.24) is 9.97 Å². The Labute approximate surface area is 160 Å². The van der Waals surface area contributed by atoms with Gasteiger partial charge >= 0.3 is 0 Å². The van der Waals surface area contributed by atoms with Crippen molar-refractivity contribution in [3.8, 4) is 17.1 Å². The van der Waals surface area contributed by atoms with E-state index in [4.69, 9.17) is 4.74 Å². The molecule has 0 saturated heterocycles. The van der Waals surface area contributed by atoms with Crippen LogP contribution < -0.4 is 10.1 Å². The summed E-state index contributed by atoms with van der Waals surface area (Å²) in [5.74, 6) is 1.92. The fourth-order valence-electron chi connectivity index (χ4n) is 2.84. The molecule has 1 N–H and O–H groups in total. The van der Waals surface area contributed by atoms with Crippen molar-refractivity contribution < 1.29 is 9.66 Å². The first kappa shape index (κ1) is 17.4. The maximum absolute atomic E-state index is 10.9. The number of non-ortho nitro benzene ring substituents is 1. The van der Waals surface area contributed by atoms with Crippen LogP contribution in [0.3, 0.4) is 0 Å². The highest BCUT2D eigenvalue weighted by molar-refractivity contribution is 5.92. The van der Waals surface area contributed by atoms with Gasteiger partial charge in [0.15, 0.2) is 5.82 Å². The van der Waals surface area contributed by atoms with Gasteiger partial charge in [0.1, 0.15) is 11.6 Å². The molecule has 0 aliphatic rings. The molecule has 28 heavy (non-hydrogen) atoms. The number of methoxy groups -OCH3 is 1. The van der Waals surface area contributed by atoms with Crippen LogP contribution in [0.5, 0.6) is 5.75 Å². The van der Waals surface area contributed by atoms with Crippen LogP contribution in [-0.2, 0) is 0 Å². The predicted octanol–water partition coefficient (Wildman–Crippen LogP) is 4.96. The van der Waals surface area contributed by atoms with E-state index in [1.807, 2.05) is 48.5 Å². The van der Waals surface area contributed by atoms with Crippen molar-refractivity contribution in [1.29, 1.82) is 0 Å². The molecule has 0 atom stereocenters. The summed E-state index contributed by atoms with van der Waals surface area (Å²) in [6, 6.07) is 21.4. The Hall–Kier alpha value is -4.00. The van der Waals surface area contributed by atoms with Crippen LogP contribution >= 0.6 is 0 Å². The van der Waals surface area contributed by atoms with Gasteiger partial charge in [-0.05, 0) is 48.5 Å². The zero-order chi connectivity index (χ0) is 19.5. The summed E-state index contributed by atoms with van der Waals surface area (Å²) in [5.41, 5.74) is 2.37. The molecule has 0 aliphatic heterocycles. The Balaban J connectivity index is 1.77. The lowest BCUT2D eigenvalue weighted by atomic mass is 10.1. The highest BCUT2D eigenvalue weighted by atomic mass is 16.6. The Kier molecular flexibility index (Phi) is 4.55. The molecule has 1 aromatic heterocycles. The second-order valence-corrected chi connectivity index (χ2v) is 6.07. The van der Waals surface area contributed by atoms with E-state index in [-0.39, 0.29) is 5.69 Å². The molecule has 0 radical (unpaired) electrons. The molecule has 0 amide bonds. The van der Waals surface area contributed by atoms with Crippen LogP contribution in [0, 0.1) is 10.1 Å². The largest absolute Gasteiger partial charge is 0.497 e. The van der Waals surface area contributed by atoms with E-state index in [1.54, 1.807) is 19.2 Å². The third kappa shape index (κ3) is 3.45. The Morgan fingerprint density at radius 3 is 2.32 bits per heavy atom. The fourth-order valence-corrected chi connectivity index (χ4v) is 2.84. The first-order chi connectivity index (χ1) is 13.6. The quantitative estimate of drug-likeness (QED) is 0.393. The van der Waals surface area contributed by atoms with Gasteiger partial charge in [-0.2, -0.15) is 0 Å². The van der Waals surface area contributed by atoms with Crippen molar-refractivity contribution in [2.45, 2.75) is 0 Å². The lowest BCUT2D eigenvalue weighted by molar-refractivity contribution is -0.384. The third-order valence-electron chi connectivity index (χ3n) is 4.29. The molecule has 4 aromatic rings. The number of hydrogen-bond acceptors (Lipinski definition) is 6. The molecule has 138 valence electrons. The van der Waals surface area contributed by atoms with Gasteiger partial charge in [-0.1, -0.05) is 12.1 Å². The van der Waals surface area contributed by atoms with Crippen molar-refractivity contribution in [3.63, 3.8) is 0 Å². The van der Waals surface area contributed by atoms with Gasteiger partial charge in [-0.25, -0.2) is 9.97 Å². The van der Waals surface area contributed by atoms with Crippen molar-refractivity contribution in [3.05, 3.63) is 82.9 Å². The number of nitrogens with zero attached hydrogens (tertiary/aromatic N) is 3. The summed E-state index contributed by atoms with van der Waals surface area (Å²) in [7, 11) is 1.62. The van der Waals surface area contributed by atoms with Crippen LogP contribution in [0.15, 0.2) is 72.8 Å². The number of nitrogens with one attached hydrogen (secondary N) is 1. The van der Waals surface area contributed by atoms with Gasteiger partial charge in [-0.3, -0.25) is 10.1 Å². The van der Waals surface area contributed by atoms with E-state index >= 15 is 0 Å². The molecule has 0 saturated carbocycles. The van der Waals surface area contributed by atoms with Gasteiger partial charge in [0.25, 0.3) is 5.69 Å². The SMILES string of the molecule is COc1ccc(Nc2nc(-c3ccc([N+](=O)[O-])cc3)nc3ccccc23)cc1. The highest BCUT2D eigenvalue weighted by Gasteiger charge is 2.11. The maximum atomic E-state index is 10.9. The molecule has 7 nitrogen and oxygen atoms in total. The average molecular weight is 372 g/mol. The molecular weight excluding hydrogens is 356 g/mol. The van der Waals surface area contributed by atoms with Gasteiger partial charge in [-0.15, -0.1) is 0 Å². The van der Waals surface area contributed by atoms with Crippen molar-refractivity contribution in [2.75, 3.05) is 12.4 Å². The van der Waals surface area contributed by atoms with Crippen LogP contribution in [0.1, 0.15) is 0 Å². The molecule has 0 unspecified atom stereocenters. The number of anilines is 2. The third-order valence-corrected chi connectivity index (χ3v) is 4.29. The number of para-hydroxylation sites is 1. The molecular formula is C21H16N4O3. The predicted molar refractivity (Wildman–Crippen MR) is 108 cm³/mol. The first-order valence-electron chi connectivity index (χ1n) is 8.57. The van der Waals surface area contributed by atoms with Gasteiger partial charge in [0, 0.05) is 28.8 Å². The molecule has 4 rings (SSSR count). The van der Waals surface area contributed by atoms with E-state index in [1.165, 1.54) is 12.1 Å². The smallest absolute Gasteiger partial charge is 0.269 e. The van der Waals surface area contributed by atoms with Gasteiger partial charge < -0.3 is 10.1 Å². The lowest BCUT2D eigenvalue weighted by Crippen LogP contribution is -1.99. The van der Waals surface area contributed by atoms with Crippen LogP contribution in [0.25, 0.3) is 22.3 Å². The lowest BCUT2D eigenvalue weighted by Gasteiger charge is -2.11. The number of ether oxygens (including phenoxy) is 1. The minimum absolute atomic E-state index is 0.0288. The topological polar surface area (TPSA) is 90.2 Å². The van der Waals surface area contributed by atoms with Gasteiger partial charge in [0.2, 0.25) is 0 Å². The monoisotopic (exact) mass is 372 g/mol. The molecule has 1 heterocycles.